The Labute approximate surface area is 122 Å². The van der Waals surface area contributed by atoms with Gasteiger partial charge in [-0.3, -0.25) is 19.3 Å². The van der Waals surface area contributed by atoms with E-state index in [4.69, 9.17) is 5.26 Å². The molecule has 1 aliphatic rings. The van der Waals surface area contributed by atoms with Gasteiger partial charge in [-0.1, -0.05) is 0 Å². The maximum atomic E-state index is 11.5. The van der Waals surface area contributed by atoms with E-state index in [1.54, 1.807) is 18.2 Å². The van der Waals surface area contributed by atoms with Crippen LogP contribution in [0.4, 0.5) is 5.69 Å². The van der Waals surface area contributed by atoms with Crippen LogP contribution >= 0.6 is 0 Å². The summed E-state index contributed by atoms with van der Waals surface area (Å²) in [7, 11) is 0. The molecule has 0 aliphatic carbocycles. The SMILES string of the molecule is CC(=O)c1ccc(C#N)cc1NCCN1C(=O)CCC1=O. The number of nitriles is 1. The summed E-state index contributed by atoms with van der Waals surface area (Å²) in [6.07, 6.45) is 0.531. The maximum absolute atomic E-state index is 11.5. The largest absolute Gasteiger partial charge is 0.383 e. The predicted molar refractivity (Wildman–Crippen MR) is 75.6 cm³/mol. The molecule has 0 aromatic heterocycles. The zero-order valence-corrected chi connectivity index (χ0v) is 11.7. The molecule has 1 aromatic rings. The second-order valence-corrected chi connectivity index (χ2v) is 4.79. The third kappa shape index (κ3) is 3.26. The van der Waals surface area contributed by atoms with Crippen LogP contribution in [0.2, 0.25) is 0 Å². The molecular weight excluding hydrogens is 270 g/mol. The summed E-state index contributed by atoms with van der Waals surface area (Å²) in [4.78, 5) is 35.7. The molecule has 0 unspecified atom stereocenters. The number of hydrogen-bond acceptors (Lipinski definition) is 5. The Hall–Kier alpha value is -2.68. The number of nitrogens with one attached hydrogen (secondary N) is 1. The number of carbonyl (C=O) groups is 3. The summed E-state index contributed by atoms with van der Waals surface area (Å²) >= 11 is 0. The first-order chi connectivity index (χ1) is 10.0. The number of rotatable bonds is 5. The van der Waals surface area contributed by atoms with E-state index in [1.165, 1.54) is 11.8 Å². The van der Waals surface area contributed by atoms with Crippen molar-refractivity contribution in [1.82, 2.24) is 4.90 Å². The molecule has 1 heterocycles. The lowest BCUT2D eigenvalue weighted by Crippen LogP contribution is -2.33. The van der Waals surface area contributed by atoms with Crippen molar-refractivity contribution in [3.63, 3.8) is 0 Å². The van der Waals surface area contributed by atoms with Gasteiger partial charge in [-0.2, -0.15) is 5.26 Å². The van der Waals surface area contributed by atoms with Crippen molar-refractivity contribution in [1.29, 1.82) is 5.26 Å². The van der Waals surface area contributed by atoms with Crippen LogP contribution in [0.3, 0.4) is 0 Å². The third-order valence-electron chi connectivity index (χ3n) is 3.33. The van der Waals surface area contributed by atoms with Gasteiger partial charge >= 0.3 is 0 Å². The highest BCUT2D eigenvalue weighted by atomic mass is 16.2. The fourth-order valence-electron chi connectivity index (χ4n) is 2.24. The Kier molecular flexibility index (Phi) is 4.33. The first kappa shape index (κ1) is 14.7. The number of nitrogens with zero attached hydrogens (tertiary/aromatic N) is 2. The summed E-state index contributed by atoms with van der Waals surface area (Å²) in [5, 5.41) is 11.9. The van der Waals surface area contributed by atoms with Crippen LogP contribution in [0.15, 0.2) is 18.2 Å². The van der Waals surface area contributed by atoms with Gasteiger partial charge in [0.25, 0.3) is 0 Å². The van der Waals surface area contributed by atoms with Gasteiger partial charge in [-0.15, -0.1) is 0 Å². The summed E-state index contributed by atoms with van der Waals surface area (Å²) in [6, 6.07) is 6.77. The molecule has 1 aliphatic heterocycles. The minimum absolute atomic E-state index is 0.115. The molecule has 2 amide bonds. The lowest BCUT2D eigenvalue weighted by molar-refractivity contribution is -0.138. The van der Waals surface area contributed by atoms with Crippen molar-refractivity contribution >= 4 is 23.3 Å². The van der Waals surface area contributed by atoms with Crippen LogP contribution in [0.5, 0.6) is 0 Å². The Bertz CT molecular complexity index is 630. The van der Waals surface area contributed by atoms with Crippen LogP contribution in [-0.4, -0.2) is 35.6 Å². The lowest BCUT2D eigenvalue weighted by Gasteiger charge is -2.16. The average Bonchev–Trinajstić information content (AvgIpc) is 2.78. The molecule has 6 nitrogen and oxygen atoms in total. The van der Waals surface area contributed by atoms with Gasteiger partial charge in [0.2, 0.25) is 11.8 Å². The molecule has 0 radical (unpaired) electrons. The van der Waals surface area contributed by atoms with E-state index in [-0.39, 0.29) is 37.0 Å². The lowest BCUT2D eigenvalue weighted by atomic mass is 10.1. The van der Waals surface area contributed by atoms with Gasteiger partial charge in [0, 0.05) is 37.2 Å². The number of amides is 2. The van der Waals surface area contributed by atoms with Crippen LogP contribution in [0.25, 0.3) is 0 Å². The second kappa shape index (κ2) is 6.18. The smallest absolute Gasteiger partial charge is 0.229 e. The third-order valence-corrected chi connectivity index (χ3v) is 3.33. The normalized spacial score (nSPS) is 14.2. The number of carbonyl (C=O) groups excluding carboxylic acids is 3. The molecule has 1 N–H and O–H groups in total. The van der Waals surface area contributed by atoms with E-state index >= 15 is 0 Å². The quantitative estimate of drug-likeness (QED) is 0.651. The van der Waals surface area contributed by atoms with Crippen LogP contribution in [0.1, 0.15) is 35.7 Å². The van der Waals surface area contributed by atoms with Crippen molar-refractivity contribution in [2.75, 3.05) is 18.4 Å². The Morgan fingerprint density at radius 3 is 2.57 bits per heavy atom. The van der Waals surface area contributed by atoms with E-state index < -0.39 is 0 Å². The molecule has 1 saturated heterocycles. The molecule has 6 heteroatoms. The van der Waals surface area contributed by atoms with Gasteiger partial charge in [0.05, 0.1) is 11.6 Å². The zero-order chi connectivity index (χ0) is 15.4. The average molecular weight is 285 g/mol. The molecule has 1 fully saturated rings. The minimum Gasteiger partial charge on any atom is -0.383 e. The van der Waals surface area contributed by atoms with E-state index in [2.05, 4.69) is 5.32 Å². The molecule has 2 rings (SSSR count). The van der Waals surface area contributed by atoms with Crippen molar-refractivity contribution < 1.29 is 14.4 Å². The van der Waals surface area contributed by atoms with Gasteiger partial charge in [-0.05, 0) is 25.1 Å². The van der Waals surface area contributed by atoms with E-state index in [0.29, 0.717) is 23.4 Å². The molecule has 0 spiro atoms. The van der Waals surface area contributed by atoms with Gasteiger partial charge in [0.1, 0.15) is 0 Å². The standard InChI is InChI=1S/C15H15N3O3/c1-10(19)12-3-2-11(9-16)8-13(12)17-6-7-18-14(20)4-5-15(18)21/h2-3,8,17H,4-7H2,1H3. The molecule has 108 valence electrons. The highest BCUT2D eigenvalue weighted by molar-refractivity contribution is 6.02. The van der Waals surface area contributed by atoms with Gasteiger partial charge in [0.15, 0.2) is 5.78 Å². The van der Waals surface area contributed by atoms with Crippen LogP contribution in [0, 0.1) is 11.3 Å². The first-order valence-corrected chi connectivity index (χ1v) is 6.65. The number of likely N-dealkylation sites (tertiary alicyclic amines) is 1. The number of anilines is 1. The van der Waals surface area contributed by atoms with Crippen molar-refractivity contribution in [2.24, 2.45) is 0 Å². The van der Waals surface area contributed by atoms with Gasteiger partial charge < -0.3 is 5.32 Å². The van der Waals surface area contributed by atoms with E-state index in [1.807, 2.05) is 6.07 Å². The molecule has 21 heavy (non-hydrogen) atoms. The van der Waals surface area contributed by atoms with Crippen molar-refractivity contribution in [3.05, 3.63) is 29.3 Å². The van der Waals surface area contributed by atoms with Gasteiger partial charge in [-0.25, -0.2) is 0 Å². The highest BCUT2D eigenvalue weighted by Crippen LogP contribution is 2.18. The molecule has 0 bridgehead atoms. The minimum atomic E-state index is -0.167. The molecule has 0 atom stereocenters. The second-order valence-electron chi connectivity index (χ2n) is 4.79. The van der Waals surface area contributed by atoms with E-state index in [9.17, 15) is 14.4 Å². The molecular formula is C15H15N3O3. The number of Topliss-reactive ketones (excluding diaryl/α,β-unsaturated/α-hetero) is 1. The summed E-state index contributed by atoms with van der Waals surface area (Å²) in [5.41, 5.74) is 1.46. The van der Waals surface area contributed by atoms with E-state index in [0.717, 1.165) is 0 Å². The number of imide groups is 1. The molecule has 0 saturated carbocycles. The highest BCUT2D eigenvalue weighted by Gasteiger charge is 2.28. The monoisotopic (exact) mass is 285 g/mol. The van der Waals surface area contributed by atoms with Crippen LogP contribution in [-0.2, 0) is 9.59 Å². The van der Waals surface area contributed by atoms with Crippen LogP contribution < -0.4 is 5.32 Å². The fourth-order valence-corrected chi connectivity index (χ4v) is 2.24. The van der Waals surface area contributed by atoms with Crippen molar-refractivity contribution in [2.45, 2.75) is 19.8 Å². The van der Waals surface area contributed by atoms with Crippen molar-refractivity contribution in [3.8, 4) is 6.07 Å². The number of hydrogen-bond donors (Lipinski definition) is 1. The Balaban J connectivity index is 2.05. The topological polar surface area (TPSA) is 90.3 Å². The Morgan fingerprint density at radius 2 is 2.00 bits per heavy atom. The fraction of sp³-hybridized carbons (Fsp3) is 0.333. The molecule has 1 aromatic carbocycles. The number of benzene rings is 1. The summed E-state index contributed by atoms with van der Waals surface area (Å²) in [6.45, 7) is 2.04. The first-order valence-electron chi connectivity index (χ1n) is 6.65. The Morgan fingerprint density at radius 1 is 1.33 bits per heavy atom. The maximum Gasteiger partial charge on any atom is 0.229 e. The number of ketones is 1. The summed E-state index contributed by atoms with van der Waals surface area (Å²) < 4.78 is 0. The summed E-state index contributed by atoms with van der Waals surface area (Å²) in [5.74, 6) is -0.450. The predicted octanol–water partition coefficient (Wildman–Crippen LogP) is 1.32. The zero-order valence-electron chi connectivity index (χ0n) is 11.7.